The lowest BCUT2D eigenvalue weighted by molar-refractivity contribution is -0.124. The highest BCUT2D eigenvalue weighted by Gasteiger charge is 2.34. The normalized spacial score (nSPS) is 20.3. The van der Waals surface area contributed by atoms with Crippen molar-refractivity contribution in [3.05, 3.63) is 24.2 Å². The van der Waals surface area contributed by atoms with E-state index in [1.807, 2.05) is 4.90 Å². The van der Waals surface area contributed by atoms with Crippen molar-refractivity contribution in [3.8, 4) is 0 Å². The molecule has 1 aromatic heterocycles. The molecule has 0 radical (unpaired) electrons. The Morgan fingerprint density at radius 2 is 1.92 bits per heavy atom. The first-order valence-electron chi connectivity index (χ1n) is 9.43. The summed E-state index contributed by atoms with van der Waals surface area (Å²) >= 11 is 0. The largest absolute Gasteiger partial charge is 0.472 e. The van der Waals surface area contributed by atoms with Crippen molar-refractivity contribution in [1.29, 1.82) is 0 Å². The summed E-state index contributed by atoms with van der Waals surface area (Å²) in [6.45, 7) is 1.92. The van der Waals surface area contributed by atoms with Crippen LogP contribution >= 0.6 is 12.4 Å². The monoisotopic (exact) mass is 383 g/mol. The average molecular weight is 384 g/mol. The summed E-state index contributed by atoms with van der Waals surface area (Å²) in [4.78, 5) is 26.6. The van der Waals surface area contributed by atoms with E-state index in [1.54, 1.807) is 6.07 Å². The number of nitrogens with one attached hydrogen (secondary N) is 1. The van der Waals surface area contributed by atoms with Crippen molar-refractivity contribution in [2.45, 2.75) is 57.4 Å². The van der Waals surface area contributed by atoms with Gasteiger partial charge in [-0.05, 0) is 43.7 Å². The summed E-state index contributed by atoms with van der Waals surface area (Å²) in [6.07, 6.45) is 10.9. The van der Waals surface area contributed by atoms with Gasteiger partial charge in [0.25, 0.3) is 5.91 Å². The van der Waals surface area contributed by atoms with Crippen LogP contribution in [0.2, 0.25) is 0 Å². The number of piperidine rings is 1. The van der Waals surface area contributed by atoms with E-state index in [2.05, 4.69) is 5.32 Å². The summed E-state index contributed by atoms with van der Waals surface area (Å²) in [5.41, 5.74) is 6.57. The number of hydrogen-bond acceptors (Lipinski definition) is 4. The number of halogens is 1. The van der Waals surface area contributed by atoms with E-state index in [1.165, 1.54) is 31.8 Å². The van der Waals surface area contributed by atoms with Gasteiger partial charge in [-0.3, -0.25) is 9.59 Å². The maximum absolute atomic E-state index is 12.5. The lowest BCUT2D eigenvalue weighted by atomic mass is 9.71. The van der Waals surface area contributed by atoms with Gasteiger partial charge >= 0.3 is 0 Å². The molecule has 1 saturated carbocycles. The van der Waals surface area contributed by atoms with Crippen LogP contribution in [0.15, 0.2) is 23.0 Å². The van der Waals surface area contributed by atoms with Gasteiger partial charge in [0.1, 0.15) is 6.26 Å². The van der Waals surface area contributed by atoms with Crippen LogP contribution in [0.4, 0.5) is 0 Å². The highest BCUT2D eigenvalue weighted by atomic mass is 35.5. The van der Waals surface area contributed by atoms with E-state index in [0.717, 1.165) is 25.7 Å². The van der Waals surface area contributed by atoms with Gasteiger partial charge in [0.2, 0.25) is 5.91 Å². The highest BCUT2D eigenvalue weighted by molar-refractivity contribution is 5.93. The molecule has 3 N–H and O–H groups in total. The molecule has 0 unspecified atom stereocenters. The second-order valence-corrected chi connectivity index (χ2v) is 7.59. The number of furan rings is 1. The van der Waals surface area contributed by atoms with Gasteiger partial charge in [-0.25, -0.2) is 0 Å². The Balaban J connectivity index is 0.00000243. The zero-order valence-electron chi connectivity index (χ0n) is 15.2. The zero-order chi connectivity index (χ0) is 17.7. The second kappa shape index (κ2) is 9.42. The third kappa shape index (κ3) is 5.01. The summed E-state index contributed by atoms with van der Waals surface area (Å²) in [5.74, 6) is 0.120. The Bertz CT molecular complexity index is 577. The van der Waals surface area contributed by atoms with Gasteiger partial charge in [-0.15, -0.1) is 12.4 Å². The number of carbonyl (C=O) groups is 2. The summed E-state index contributed by atoms with van der Waals surface area (Å²) < 4.78 is 4.98. The lowest BCUT2D eigenvalue weighted by Gasteiger charge is -2.37. The number of amides is 2. The van der Waals surface area contributed by atoms with Crippen molar-refractivity contribution < 1.29 is 14.0 Å². The third-order valence-corrected chi connectivity index (χ3v) is 5.80. The molecule has 146 valence electrons. The molecule has 2 aliphatic rings. The number of nitrogens with zero attached hydrogens (tertiary/aromatic N) is 1. The Labute approximate surface area is 161 Å². The molecule has 2 amide bonds. The minimum atomic E-state index is 0. The Kier molecular flexibility index (Phi) is 7.53. The summed E-state index contributed by atoms with van der Waals surface area (Å²) in [5, 5.41) is 3.17. The van der Waals surface area contributed by atoms with Crippen LogP contribution in [-0.2, 0) is 4.79 Å². The fourth-order valence-electron chi connectivity index (χ4n) is 4.17. The Hall–Kier alpha value is -1.53. The first-order chi connectivity index (χ1) is 12.1. The van der Waals surface area contributed by atoms with Gasteiger partial charge in [0.15, 0.2) is 0 Å². The molecule has 0 bridgehead atoms. The summed E-state index contributed by atoms with van der Waals surface area (Å²) in [6, 6.07) is 1.84. The number of carbonyl (C=O) groups excluding carboxylic acids is 2. The minimum absolute atomic E-state index is 0. The van der Waals surface area contributed by atoms with Crippen molar-refractivity contribution >= 4 is 24.2 Å². The van der Waals surface area contributed by atoms with Gasteiger partial charge in [-0.1, -0.05) is 19.3 Å². The molecular weight excluding hydrogens is 354 g/mol. The van der Waals surface area contributed by atoms with Gasteiger partial charge < -0.3 is 20.4 Å². The molecule has 1 aliphatic heterocycles. The van der Waals surface area contributed by atoms with Crippen molar-refractivity contribution in [2.24, 2.45) is 11.1 Å². The second-order valence-electron chi connectivity index (χ2n) is 7.59. The SMILES string of the molecule is Cl.NCC1(CC(=O)NC2CCN(C(=O)c3ccoc3)CC2)CCCCC1. The van der Waals surface area contributed by atoms with Gasteiger partial charge in [0, 0.05) is 25.6 Å². The molecule has 6 nitrogen and oxygen atoms in total. The maximum atomic E-state index is 12.5. The van der Waals surface area contributed by atoms with E-state index in [9.17, 15) is 9.59 Å². The van der Waals surface area contributed by atoms with E-state index in [4.69, 9.17) is 10.2 Å². The number of hydrogen-bond donors (Lipinski definition) is 2. The fraction of sp³-hybridized carbons (Fsp3) is 0.684. The smallest absolute Gasteiger partial charge is 0.257 e. The quantitative estimate of drug-likeness (QED) is 0.818. The molecular formula is C19H30ClN3O3. The van der Waals surface area contributed by atoms with E-state index in [-0.39, 0.29) is 35.7 Å². The summed E-state index contributed by atoms with van der Waals surface area (Å²) in [7, 11) is 0. The molecule has 1 aliphatic carbocycles. The molecule has 3 rings (SSSR count). The molecule has 2 fully saturated rings. The minimum Gasteiger partial charge on any atom is -0.472 e. The first-order valence-corrected chi connectivity index (χ1v) is 9.43. The number of rotatable bonds is 5. The van der Waals surface area contributed by atoms with E-state index < -0.39 is 0 Å². The topological polar surface area (TPSA) is 88.6 Å². The van der Waals surface area contributed by atoms with Crippen LogP contribution < -0.4 is 11.1 Å². The van der Waals surface area contributed by atoms with E-state index in [0.29, 0.717) is 31.6 Å². The fourth-order valence-corrected chi connectivity index (χ4v) is 4.17. The van der Waals surface area contributed by atoms with Crippen LogP contribution in [-0.4, -0.2) is 42.4 Å². The average Bonchev–Trinajstić information content (AvgIpc) is 3.17. The molecule has 7 heteroatoms. The van der Waals surface area contributed by atoms with Gasteiger partial charge in [-0.2, -0.15) is 0 Å². The Morgan fingerprint density at radius 3 is 2.50 bits per heavy atom. The molecule has 1 saturated heterocycles. The predicted octanol–water partition coefficient (Wildman–Crippen LogP) is 2.72. The molecule has 26 heavy (non-hydrogen) atoms. The molecule has 0 aromatic carbocycles. The third-order valence-electron chi connectivity index (χ3n) is 5.80. The van der Waals surface area contributed by atoms with Crippen molar-refractivity contribution in [2.75, 3.05) is 19.6 Å². The van der Waals surface area contributed by atoms with Crippen LogP contribution in [0.25, 0.3) is 0 Å². The van der Waals surface area contributed by atoms with Crippen molar-refractivity contribution in [3.63, 3.8) is 0 Å². The first kappa shape index (κ1) is 20.8. The van der Waals surface area contributed by atoms with Crippen molar-refractivity contribution in [1.82, 2.24) is 10.2 Å². The standard InChI is InChI=1S/C19H29N3O3.ClH/c20-14-19(7-2-1-3-8-19)12-17(23)21-16-4-9-22(10-5-16)18(24)15-6-11-25-13-15;/h6,11,13,16H,1-5,7-10,12,14,20H2,(H,21,23);1H. The predicted molar refractivity (Wildman–Crippen MR) is 102 cm³/mol. The van der Waals surface area contributed by atoms with Crippen LogP contribution in [0.1, 0.15) is 61.7 Å². The van der Waals surface area contributed by atoms with Crippen LogP contribution in [0, 0.1) is 5.41 Å². The molecule has 0 atom stereocenters. The van der Waals surface area contributed by atoms with Gasteiger partial charge in [0.05, 0.1) is 11.8 Å². The van der Waals surface area contributed by atoms with Crippen LogP contribution in [0.5, 0.6) is 0 Å². The highest BCUT2D eigenvalue weighted by Crippen LogP contribution is 2.38. The number of nitrogens with two attached hydrogens (primary N) is 1. The Morgan fingerprint density at radius 1 is 1.23 bits per heavy atom. The number of likely N-dealkylation sites (tertiary alicyclic amines) is 1. The molecule has 2 heterocycles. The lowest BCUT2D eigenvalue weighted by Crippen LogP contribution is -2.48. The molecule has 1 aromatic rings. The molecule has 0 spiro atoms. The maximum Gasteiger partial charge on any atom is 0.257 e. The van der Waals surface area contributed by atoms with Crippen LogP contribution in [0.3, 0.4) is 0 Å². The van der Waals surface area contributed by atoms with E-state index >= 15 is 0 Å². The zero-order valence-corrected chi connectivity index (χ0v) is 16.1.